The number of carbonyl (C=O) groups excluding carboxylic acids is 3. The van der Waals surface area contributed by atoms with Gasteiger partial charge in [0, 0.05) is 12.5 Å². The van der Waals surface area contributed by atoms with Gasteiger partial charge in [-0.25, -0.2) is 0 Å². The molecule has 1 aliphatic heterocycles. The Labute approximate surface area is 207 Å². The van der Waals surface area contributed by atoms with Gasteiger partial charge in [0.15, 0.2) is 0 Å². The van der Waals surface area contributed by atoms with Crippen molar-refractivity contribution < 1.29 is 24.0 Å². The summed E-state index contributed by atoms with van der Waals surface area (Å²) in [7, 11) is 1.35. The Morgan fingerprint density at radius 3 is 2.31 bits per heavy atom. The maximum absolute atomic E-state index is 13.7. The summed E-state index contributed by atoms with van der Waals surface area (Å²) in [6.45, 7) is 0. The minimum absolute atomic E-state index is 0.0571. The Bertz CT molecular complexity index is 1270. The van der Waals surface area contributed by atoms with E-state index < -0.39 is 28.7 Å². The zero-order chi connectivity index (χ0) is 25.1. The monoisotopic (exact) mass is 487 g/mol. The van der Waals surface area contributed by atoms with Crippen LogP contribution in [0.4, 0.5) is 11.4 Å². The van der Waals surface area contributed by atoms with Crippen molar-refractivity contribution in [2.24, 2.45) is 35.5 Å². The Morgan fingerprint density at radius 1 is 1.08 bits per heavy atom. The molecule has 4 aliphatic carbocycles. The van der Waals surface area contributed by atoms with Gasteiger partial charge in [-0.3, -0.25) is 29.4 Å². The van der Waals surface area contributed by atoms with Gasteiger partial charge in [0.1, 0.15) is 11.8 Å². The topological polar surface area (TPSA) is 119 Å². The van der Waals surface area contributed by atoms with E-state index in [0.29, 0.717) is 11.8 Å². The first-order valence-corrected chi connectivity index (χ1v) is 12.1. The number of non-ortho nitro benzene ring substituents is 1. The van der Waals surface area contributed by atoms with Crippen molar-refractivity contribution >= 4 is 29.1 Å². The molecular formula is C27H25N3O6. The summed E-state index contributed by atoms with van der Waals surface area (Å²) in [6, 6.07) is 12.1. The molecule has 2 saturated carbocycles. The van der Waals surface area contributed by atoms with E-state index in [2.05, 4.69) is 17.5 Å². The number of nitro benzene ring substituents is 1. The van der Waals surface area contributed by atoms with Crippen LogP contribution in [-0.4, -0.2) is 40.7 Å². The van der Waals surface area contributed by atoms with Gasteiger partial charge in [-0.2, -0.15) is 0 Å². The molecule has 3 amide bonds. The largest absolute Gasteiger partial charge is 0.494 e. The molecule has 36 heavy (non-hydrogen) atoms. The van der Waals surface area contributed by atoms with Gasteiger partial charge < -0.3 is 10.1 Å². The predicted molar refractivity (Wildman–Crippen MR) is 129 cm³/mol. The fraction of sp³-hybridized carbons (Fsp3) is 0.370. The molecule has 9 nitrogen and oxygen atoms in total. The summed E-state index contributed by atoms with van der Waals surface area (Å²) in [6.07, 6.45) is 5.42. The van der Waals surface area contributed by atoms with Gasteiger partial charge >= 0.3 is 0 Å². The highest BCUT2D eigenvalue weighted by atomic mass is 16.6. The number of imide groups is 1. The van der Waals surface area contributed by atoms with E-state index in [-0.39, 0.29) is 47.2 Å². The molecule has 1 saturated heterocycles. The molecule has 1 heterocycles. The maximum Gasteiger partial charge on any atom is 0.273 e. The first-order chi connectivity index (χ1) is 17.4. The molecule has 1 N–H and O–H groups in total. The number of anilines is 1. The number of hydrogen-bond acceptors (Lipinski definition) is 6. The number of hydrogen-bond donors (Lipinski definition) is 1. The number of nitrogens with one attached hydrogen (secondary N) is 1. The van der Waals surface area contributed by atoms with Crippen molar-refractivity contribution in [2.45, 2.75) is 18.9 Å². The van der Waals surface area contributed by atoms with E-state index in [9.17, 15) is 24.5 Å². The van der Waals surface area contributed by atoms with Crippen LogP contribution in [0, 0.1) is 45.6 Å². The molecule has 184 valence electrons. The van der Waals surface area contributed by atoms with E-state index in [0.717, 1.165) is 12.0 Å². The molecule has 7 rings (SSSR count). The summed E-state index contributed by atoms with van der Waals surface area (Å²) in [5, 5.41) is 13.9. The highest BCUT2D eigenvalue weighted by Crippen LogP contribution is 2.65. The second-order valence-electron chi connectivity index (χ2n) is 10.0. The first kappa shape index (κ1) is 22.5. The first-order valence-electron chi connectivity index (χ1n) is 12.1. The lowest BCUT2D eigenvalue weighted by Gasteiger charge is -2.37. The van der Waals surface area contributed by atoms with Crippen molar-refractivity contribution in [1.82, 2.24) is 4.90 Å². The van der Waals surface area contributed by atoms with Crippen molar-refractivity contribution in [3.05, 3.63) is 76.4 Å². The lowest BCUT2D eigenvalue weighted by molar-refractivity contribution is -0.384. The van der Waals surface area contributed by atoms with Crippen LogP contribution in [0.5, 0.6) is 5.75 Å². The molecule has 5 aliphatic rings. The summed E-state index contributed by atoms with van der Waals surface area (Å²) in [4.78, 5) is 52.9. The molecule has 7 atom stereocenters. The lowest BCUT2D eigenvalue weighted by atomic mass is 9.63. The van der Waals surface area contributed by atoms with Gasteiger partial charge in [0.25, 0.3) is 5.69 Å². The summed E-state index contributed by atoms with van der Waals surface area (Å²) >= 11 is 0. The molecule has 2 aromatic rings. The lowest BCUT2D eigenvalue weighted by Crippen LogP contribution is -2.49. The standard InChI is InChI=1S/C27H25N3O6/c1-36-22-12-15(30(34)35)7-10-20(22)28-25(31)21(11-14-5-3-2-4-6-14)29-26(32)23-16-8-9-17(19-13-18(16)19)24(23)27(29)33/h2-10,12,16-19,21,23-24H,11,13H2,1H3,(H,28,31)/t16-,17-,18-,19-,21-,23+,24+/m1/s1. The van der Waals surface area contributed by atoms with E-state index in [1.807, 2.05) is 30.3 Å². The quantitative estimate of drug-likeness (QED) is 0.277. The fourth-order valence-electron chi connectivity index (χ4n) is 6.54. The average molecular weight is 488 g/mol. The molecule has 0 unspecified atom stereocenters. The Morgan fingerprint density at radius 2 is 1.72 bits per heavy atom. The fourth-order valence-corrected chi connectivity index (χ4v) is 6.54. The van der Waals surface area contributed by atoms with Crippen LogP contribution in [0.25, 0.3) is 0 Å². The number of benzene rings is 2. The minimum atomic E-state index is -1.06. The second-order valence-corrected chi connectivity index (χ2v) is 10.0. The third-order valence-electron chi connectivity index (χ3n) is 8.24. The summed E-state index contributed by atoms with van der Waals surface area (Å²) < 4.78 is 5.26. The third kappa shape index (κ3) is 3.41. The van der Waals surface area contributed by atoms with Gasteiger partial charge in [0.05, 0.1) is 35.6 Å². The molecule has 2 aromatic carbocycles. The smallest absolute Gasteiger partial charge is 0.273 e. The van der Waals surface area contributed by atoms with Gasteiger partial charge in [0.2, 0.25) is 17.7 Å². The van der Waals surface area contributed by atoms with Crippen LogP contribution in [0.15, 0.2) is 60.7 Å². The molecule has 3 fully saturated rings. The number of nitro groups is 1. The van der Waals surface area contributed by atoms with E-state index >= 15 is 0 Å². The Hall–Kier alpha value is -4.01. The zero-order valence-electron chi connectivity index (χ0n) is 19.6. The van der Waals surface area contributed by atoms with Crippen LogP contribution in [0.3, 0.4) is 0 Å². The number of carbonyl (C=O) groups is 3. The highest BCUT2D eigenvalue weighted by Gasteiger charge is 2.67. The molecule has 0 aromatic heterocycles. The highest BCUT2D eigenvalue weighted by molar-refractivity contribution is 6.11. The Kier molecular flexibility index (Phi) is 5.17. The second kappa shape index (κ2) is 8.29. The number of likely N-dealkylation sites (tertiary alicyclic amines) is 1. The number of nitrogens with zero attached hydrogens (tertiary/aromatic N) is 2. The number of rotatable bonds is 7. The number of methoxy groups -OCH3 is 1. The van der Waals surface area contributed by atoms with Crippen LogP contribution in [-0.2, 0) is 20.8 Å². The van der Waals surface area contributed by atoms with E-state index in [1.54, 1.807) is 0 Å². The summed E-state index contributed by atoms with van der Waals surface area (Å²) in [5.41, 5.74) is 0.861. The van der Waals surface area contributed by atoms with Gasteiger partial charge in [-0.05, 0) is 41.7 Å². The van der Waals surface area contributed by atoms with Crippen molar-refractivity contribution in [3.63, 3.8) is 0 Å². The third-order valence-corrected chi connectivity index (χ3v) is 8.24. The van der Waals surface area contributed by atoms with Crippen molar-refractivity contribution in [1.29, 1.82) is 0 Å². The van der Waals surface area contributed by atoms with Crippen LogP contribution >= 0.6 is 0 Å². The predicted octanol–water partition coefficient (Wildman–Crippen LogP) is 3.21. The molecule has 0 radical (unpaired) electrons. The molecule has 2 bridgehead atoms. The van der Waals surface area contributed by atoms with Crippen molar-refractivity contribution in [2.75, 3.05) is 12.4 Å². The molecule has 0 spiro atoms. The van der Waals surface area contributed by atoms with E-state index in [1.165, 1.54) is 30.2 Å². The number of ether oxygens (including phenoxy) is 1. The van der Waals surface area contributed by atoms with Crippen LogP contribution in [0.2, 0.25) is 0 Å². The number of amides is 3. The van der Waals surface area contributed by atoms with Crippen molar-refractivity contribution in [3.8, 4) is 5.75 Å². The van der Waals surface area contributed by atoms with Gasteiger partial charge in [-0.1, -0.05) is 42.5 Å². The normalized spacial score (nSPS) is 30.0. The zero-order valence-corrected chi connectivity index (χ0v) is 19.6. The van der Waals surface area contributed by atoms with Gasteiger partial charge in [-0.15, -0.1) is 0 Å². The molecular weight excluding hydrogens is 462 g/mol. The molecule has 9 heteroatoms. The van der Waals surface area contributed by atoms with E-state index in [4.69, 9.17) is 4.74 Å². The Balaban J connectivity index is 1.33. The SMILES string of the molecule is COc1cc([N+](=O)[O-])ccc1NC(=O)[C@@H](Cc1ccccc1)N1C(=O)[C@H]2[C@@H]3C=C[C@H]([C@H]4C[C@H]34)[C@@H]2C1=O. The minimum Gasteiger partial charge on any atom is -0.494 e. The average Bonchev–Trinajstić information content (AvgIpc) is 3.67. The van der Waals surface area contributed by atoms with Crippen LogP contribution in [0.1, 0.15) is 12.0 Å². The summed E-state index contributed by atoms with van der Waals surface area (Å²) in [5.74, 6) is -0.756. The van der Waals surface area contributed by atoms with Crippen LogP contribution < -0.4 is 10.1 Å². The number of allylic oxidation sites excluding steroid dienone is 2. The maximum atomic E-state index is 13.7.